The first-order valence-corrected chi connectivity index (χ1v) is 20.6. The second-order valence-corrected chi connectivity index (χ2v) is 18.4. The molecular formula is C39H48F3N5O9S. The van der Waals surface area contributed by atoms with Gasteiger partial charge in [0, 0.05) is 29.6 Å². The molecule has 0 spiro atoms. The van der Waals surface area contributed by atoms with Crippen molar-refractivity contribution in [2.24, 2.45) is 5.92 Å². The Morgan fingerprint density at radius 1 is 1.18 bits per heavy atom. The molecule has 4 heterocycles. The number of rotatable bonds is 9. The van der Waals surface area contributed by atoms with Crippen LogP contribution in [0.4, 0.5) is 18.0 Å². The first kappa shape index (κ1) is 40.6. The molecule has 3 N–H and O–H groups in total. The Labute approximate surface area is 328 Å². The SMILES string of the molecule is CC[C@@H]1O[C@@H]2C=C([C@H]1NC(=O)OC(C)(C)C(F)(F)F)N1C[C@H](Oc3nccc4cc(OC)ccc34)C[C@H]1C(=O)N[C@]1(C(=O)NS(=O)(=O)C3(C)CC3)C[C@H]1/C=C\CC2. The van der Waals surface area contributed by atoms with Crippen LogP contribution in [0.15, 0.2) is 54.4 Å². The van der Waals surface area contributed by atoms with Crippen LogP contribution in [0.5, 0.6) is 11.6 Å². The summed E-state index contributed by atoms with van der Waals surface area (Å²) < 4.78 is 92.0. The lowest BCUT2D eigenvalue weighted by molar-refractivity contribution is -0.244. The molecule has 7 rings (SSSR count). The van der Waals surface area contributed by atoms with E-state index in [1.807, 2.05) is 19.1 Å². The van der Waals surface area contributed by atoms with Crippen molar-refractivity contribution in [3.63, 3.8) is 0 Å². The summed E-state index contributed by atoms with van der Waals surface area (Å²) in [6, 6.07) is 5.08. The van der Waals surface area contributed by atoms with E-state index in [4.69, 9.17) is 18.9 Å². The van der Waals surface area contributed by atoms with Gasteiger partial charge in [-0.25, -0.2) is 18.2 Å². The third-order valence-electron chi connectivity index (χ3n) is 11.8. The molecule has 1 aromatic carbocycles. The van der Waals surface area contributed by atoms with Crippen LogP contribution in [0, 0.1) is 5.92 Å². The van der Waals surface area contributed by atoms with Gasteiger partial charge in [-0.05, 0) is 95.0 Å². The van der Waals surface area contributed by atoms with E-state index in [-0.39, 0.29) is 25.3 Å². The Bertz CT molecular complexity index is 2110. The van der Waals surface area contributed by atoms with Crippen LogP contribution in [0.25, 0.3) is 10.8 Å². The zero-order valence-electron chi connectivity index (χ0n) is 32.4. The van der Waals surface area contributed by atoms with Gasteiger partial charge in [-0.3, -0.25) is 14.3 Å². The molecule has 18 heteroatoms. The number of hydrogen-bond donors (Lipinski definition) is 3. The van der Waals surface area contributed by atoms with Crippen molar-refractivity contribution in [3.8, 4) is 11.6 Å². The number of methoxy groups -OCH3 is 1. The highest BCUT2D eigenvalue weighted by molar-refractivity contribution is 7.91. The first-order chi connectivity index (χ1) is 26.8. The van der Waals surface area contributed by atoms with Crippen molar-refractivity contribution >= 4 is 38.7 Å². The topological polar surface area (TPSA) is 174 Å². The van der Waals surface area contributed by atoms with Gasteiger partial charge in [0.25, 0.3) is 5.91 Å². The number of alkyl halides is 3. The number of aromatic nitrogens is 1. The maximum Gasteiger partial charge on any atom is 0.427 e. The summed E-state index contributed by atoms with van der Waals surface area (Å²) in [6.07, 6.45) is 1.17. The lowest BCUT2D eigenvalue weighted by Gasteiger charge is -2.42. The number of carbonyl (C=O) groups excluding carboxylic acids is 3. The number of sulfonamides is 1. The molecule has 0 unspecified atom stereocenters. The monoisotopic (exact) mass is 819 g/mol. The van der Waals surface area contributed by atoms with Gasteiger partial charge in [-0.15, -0.1) is 0 Å². The fourth-order valence-corrected chi connectivity index (χ4v) is 9.02. The van der Waals surface area contributed by atoms with E-state index < -0.39 is 86.3 Å². The second-order valence-electron chi connectivity index (χ2n) is 16.2. The van der Waals surface area contributed by atoms with E-state index in [9.17, 15) is 36.0 Å². The maximum atomic E-state index is 14.7. The summed E-state index contributed by atoms with van der Waals surface area (Å²) in [7, 11) is -2.48. The smallest absolute Gasteiger partial charge is 0.427 e. The van der Waals surface area contributed by atoms with Gasteiger partial charge >= 0.3 is 12.3 Å². The molecule has 2 aliphatic carbocycles. The standard InChI is InChI=1S/C39H48F3N5O9S/c1-6-30-31(44-35(50)56-36(2,3)39(40,41)42)28-18-25(54-30)10-8-7-9-23-20-38(23,34(49)46-57(51,52)37(4)14-15-37)45-32(48)29-19-26(21-47(28)29)55-33-27-12-11-24(53-5)17-22(27)13-16-43-33/h7,9,11-13,16-18,23,25-26,29-31H,6,8,10,14-15,19-21H2,1-5H3,(H,44,50)(H,45,48)(H,46,49)/b9-7-/t23-,25+,26-,29+,30+,31-,38-/m1/s1. The second kappa shape index (κ2) is 14.7. The number of hydrogen-bond acceptors (Lipinski definition) is 11. The average Bonchev–Trinajstić information content (AvgIpc) is 4.03. The number of nitrogens with one attached hydrogen (secondary N) is 3. The number of carbonyl (C=O) groups is 3. The molecule has 3 fully saturated rings. The van der Waals surface area contributed by atoms with Gasteiger partial charge in [-0.2, -0.15) is 13.2 Å². The summed E-state index contributed by atoms with van der Waals surface area (Å²) in [5, 5.41) is 6.99. The number of halogens is 3. The molecule has 310 valence electrons. The Hall–Kier alpha value is -4.58. The fourth-order valence-electron chi connectivity index (χ4n) is 7.71. The Balaban J connectivity index is 1.25. The molecule has 2 saturated carbocycles. The zero-order chi connectivity index (χ0) is 41.1. The minimum absolute atomic E-state index is 0.0621. The summed E-state index contributed by atoms with van der Waals surface area (Å²) in [5.41, 5.74) is -3.97. The Kier molecular flexibility index (Phi) is 10.4. The molecule has 1 aromatic heterocycles. The van der Waals surface area contributed by atoms with Crippen LogP contribution in [-0.4, -0.2) is 102 Å². The highest BCUT2D eigenvalue weighted by Gasteiger charge is 2.63. The van der Waals surface area contributed by atoms with Crippen LogP contribution >= 0.6 is 0 Å². The van der Waals surface area contributed by atoms with E-state index in [1.165, 1.54) is 0 Å². The van der Waals surface area contributed by atoms with Crippen LogP contribution in [0.2, 0.25) is 0 Å². The third kappa shape index (κ3) is 7.86. The lowest BCUT2D eigenvalue weighted by atomic mass is 9.96. The van der Waals surface area contributed by atoms with Gasteiger partial charge in [0.05, 0.1) is 36.7 Å². The highest BCUT2D eigenvalue weighted by Crippen LogP contribution is 2.48. The van der Waals surface area contributed by atoms with Crippen LogP contribution < -0.4 is 24.8 Å². The molecule has 2 aromatic rings. The predicted octanol–water partition coefficient (Wildman–Crippen LogP) is 4.79. The molecule has 14 nitrogen and oxygen atoms in total. The van der Waals surface area contributed by atoms with Crippen molar-refractivity contribution in [3.05, 3.63) is 54.4 Å². The van der Waals surface area contributed by atoms with E-state index >= 15 is 0 Å². The Morgan fingerprint density at radius 2 is 1.93 bits per heavy atom. The minimum atomic E-state index is -4.86. The number of allylic oxidation sites excluding steroid dienone is 1. The number of pyridine rings is 1. The quantitative estimate of drug-likeness (QED) is 0.297. The van der Waals surface area contributed by atoms with Crippen LogP contribution in [0.1, 0.15) is 72.6 Å². The normalized spacial score (nSPS) is 30.1. The molecule has 7 atom stereocenters. The number of nitrogens with zero attached hydrogens (tertiary/aromatic N) is 2. The lowest BCUT2D eigenvalue weighted by Crippen LogP contribution is -2.59. The summed E-state index contributed by atoms with van der Waals surface area (Å²) >= 11 is 0. The third-order valence-corrected chi connectivity index (χ3v) is 14.0. The van der Waals surface area contributed by atoms with Crippen molar-refractivity contribution in [1.82, 2.24) is 25.2 Å². The summed E-state index contributed by atoms with van der Waals surface area (Å²) in [5.74, 6) is -1.01. The molecule has 0 radical (unpaired) electrons. The first-order valence-electron chi connectivity index (χ1n) is 19.1. The summed E-state index contributed by atoms with van der Waals surface area (Å²) in [4.78, 5) is 48.0. The molecule has 57 heavy (non-hydrogen) atoms. The zero-order valence-corrected chi connectivity index (χ0v) is 33.2. The van der Waals surface area contributed by atoms with Gasteiger partial charge in [0.15, 0.2) is 0 Å². The van der Waals surface area contributed by atoms with Crippen molar-refractivity contribution in [2.45, 2.75) is 125 Å². The Morgan fingerprint density at radius 3 is 2.61 bits per heavy atom. The van der Waals surface area contributed by atoms with E-state index in [0.717, 1.165) is 19.2 Å². The van der Waals surface area contributed by atoms with Gasteiger partial charge in [-0.1, -0.05) is 19.1 Å². The largest absolute Gasteiger partial charge is 0.497 e. The van der Waals surface area contributed by atoms with Crippen LogP contribution in [0.3, 0.4) is 0 Å². The van der Waals surface area contributed by atoms with E-state index in [2.05, 4.69) is 20.3 Å². The van der Waals surface area contributed by atoms with Gasteiger partial charge in [0.2, 0.25) is 27.4 Å². The summed E-state index contributed by atoms with van der Waals surface area (Å²) in [6.45, 7) is 4.93. The van der Waals surface area contributed by atoms with Crippen molar-refractivity contribution in [2.75, 3.05) is 13.7 Å². The van der Waals surface area contributed by atoms with Gasteiger partial charge in [0.1, 0.15) is 23.4 Å². The molecular weight excluding hydrogens is 772 g/mol. The molecule has 3 amide bonds. The number of benzene rings is 1. The number of alkyl carbamates (subject to hydrolysis) is 1. The fraction of sp³-hybridized carbons (Fsp3) is 0.590. The van der Waals surface area contributed by atoms with Crippen LogP contribution in [-0.2, 0) is 29.1 Å². The van der Waals surface area contributed by atoms with Gasteiger partial charge < -0.3 is 34.5 Å². The highest BCUT2D eigenvalue weighted by atomic mass is 32.2. The maximum absolute atomic E-state index is 14.7. The molecule has 5 aliphatic rings. The number of ether oxygens (including phenoxy) is 4. The van der Waals surface area contributed by atoms with E-state index in [1.54, 1.807) is 55.5 Å². The number of amides is 3. The minimum Gasteiger partial charge on any atom is -0.497 e. The average molecular weight is 820 g/mol. The number of fused-ring (bicyclic) bond motifs is 5. The van der Waals surface area contributed by atoms with Crippen molar-refractivity contribution in [1.29, 1.82) is 0 Å². The molecule has 2 bridgehead atoms. The molecule has 1 saturated heterocycles. The van der Waals surface area contributed by atoms with Crippen molar-refractivity contribution < 1.29 is 54.9 Å². The van der Waals surface area contributed by atoms with E-state index in [0.29, 0.717) is 48.9 Å². The molecule has 3 aliphatic heterocycles. The predicted molar refractivity (Wildman–Crippen MR) is 200 cm³/mol.